The molecule has 1 fully saturated rings. The molecule has 0 radical (unpaired) electrons. The molecule has 7 nitrogen and oxygen atoms in total. The largest absolute Gasteiger partial charge is 1.00 e. The summed E-state index contributed by atoms with van der Waals surface area (Å²) in [5.41, 5.74) is -1.34. The molecule has 0 amide bonds. The van der Waals surface area contributed by atoms with Gasteiger partial charge in [-0.1, -0.05) is 64.7 Å². The van der Waals surface area contributed by atoms with Crippen LogP contribution in [0.4, 0.5) is 0 Å². The van der Waals surface area contributed by atoms with Crippen molar-refractivity contribution >= 4 is 0 Å². The van der Waals surface area contributed by atoms with Crippen LogP contribution in [0, 0.1) is 0 Å². The Kier molecular flexibility index (Phi) is 17.3. The molecule has 1 heterocycles. The first-order valence-electron chi connectivity index (χ1n) is 10.4. The van der Waals surface area contributed by atoms with E-state index in [2.05, 4.69) is 12.2 Å². The smallest absolute Gasteiger partial charge is 0.173 e. The van der Waals surface area contributed by atoms with Crippen LogP contribution in [0.25, 0.3) is 0 Å². The number of aliphatic hydroxyl groups is 4. The fraction of sp³-hybridized carbons (Fsp3) is 1.00. The Morgan fingerprint density at radius 3 is 1.75 bits per heavy atom. The number of aliphatic hydroxyl groups excluding tert-OH is 3. The highest BCUT2D eigenvalue weighted by atomic mass is 79.9. The van der Waals surface area contributed by atoms with E-state index in [0.29, 0.717) is 6.54 Å². The molecule has 0 aromatic carbocycles. The second-order valence-electron chi connectivity index (χ2n) is 8.24. The number of hydrogen-bond donors (Lipinski definition) is 6. The van der Waals surface area contributed by atoms with Crippen LogP contribution >= 0.6 is 0 Å². The summed E-state index contributed by atoms with van der Waals surface area (Å²) in [6, 6.07) is -0.748. The summed E-state index contributed by atoms with van der Waals surface area (Å²) < 4.78 is 5.33. The highest BCUT2D eigenvalue weighted by Crippen LogP contribution is 2.27. The number of halogens is 1. The predicted molar refractivity (Wildman–Crippen MR) is 109 cm³/mol. The van der Waals surface area contributed by atoms with Gasteiger partial charge in [0, 0.05) is 0 Å². The van der Waals surface area contributed by atoms with E-state index in [1.807, 2.05) is 0 Å². The van der Waals surface area contributed by atoms with Crippen molar-refractivity contribution in [2.45, 2.75) is 121 Å². The fourth-order valence-electron chi connectivity index (χ4n) is 3.56. The zero-order chi connectivity index (χ0) is 19.6. The Hall–Kier alpha value is 0.200. The second-order valence-corrected chi connectivity index (χ2v) is 8.24. The number of rotatable bonds is 13. The molecule has 1 unspecified atom stereocenters. The number of quaternary nitrogens is 1. The van der Waals surface area contributed by atoms with Crippen molar-refractivity contribution in [3.05, 3.63) is 0 Å². The molecule has 0 aromatic heterocycles. The molecule has 9 N–H and O–H groups in total. The third-order valence-electron chi connectivity index (χ3n) is 5.23. The normalized spacial score (nSPS) is 27.8. The van der Waals surface area contributed by atoms with Crippen molar-refractivity contribution in [1.29, 1.82) is 0 Å². The topological polar surface area (TPSA) is 139 Å². The van der Waals surface area contributed by atoms with Crippen molar-refractivity contribution in [2.75, 3.05) is 6.54 Å². The standard InChI is InChI=1S/C20H41NO5.BrH.H3N/c1-4-5-6-7-8-9-10-11-12-13-14-21-15-16(22)17(23)18(20(2,3)25)26-19(15)24;;/h15-19,21-25H,4-14H2,1-3H3;1H;1H3/t15-,16+,17-,18-,19?;;/m0../s1. The number of unbranched alkanes of at least 4 members (excludes halogenated alkanes) is 9. The van der Waals surface area contributed by atoms with E-state index in [1.54, 1.807) is 0 Å². The summed E-state index contributed by atoms with van der Waals surface area (Å²) in [5.74, 6) is 0. The van der Waals surface area contributed by atoms with E-state index < -0.39 is 36.2 Å². The first-order valence-corrected chi connectivity index (χ1v) is 10.4. The third kappa shape index (κ3) is 10.8. The summed E-state index contributed by atoms with van der Waals surface area (Å²) in [7, 11) is 0. The van der Waals surface area contributed by atoms with Crippen molar-refractivity contribution in [1.82, 2.24) is 11.5 Å². The van der Waals surface area contributed by atoms with Gasteiger partial charge in [-0.15, -0.1) is 0 Å². The lowest BCUT2D eigenvalue weighted by Crippen LogP contribution is -3.00. The molecule has 1 aliphatic rings. The Morgan fingerprint density at radius 2 is 1.29 bits per heavy atom. The van der Waals surface area contributed by atoms with Crippen LogP contribution in [-0.4, -0.2) is 63.2 Å². The molecule has 0 bridgehead atoms. The Bertz CT molecular complexity index is 371. The molecule has 172 valence electrons. The first kappa shape index (κ1) is 30.4. The van der Waals surface area contributed by atoms with Gasteiger partial charge in [0.15, 0.2) is 6.29 Å². The minimum Gasteiger partial charge on any atom is -1.00 e. The quantitative estimate of drug-likeness (QED) is 0.199. The van der Waals surface area contributed by atoms with Crippen molar-refractivity contribution < 1.29 is 42.1 Å². The van der Waals surface area contributed by atoms with Gasteiger partial charge in [0.05, 0.1) is 11.6 Å². The van der Waals surface area contributed by atoms with Crippen LogP contribution in [0.1, 0.15) is 85.0 Å². The van der Waals surface area contributed by atoms with E-state index in [-0.39, 0.29) is 23.1 Å². The zero-order valence-electron chi connectivity index (χ0n) is 18.2. The van der Waals surface area contributed by atoms with Gasteiger partial charge in [0.25, 0.3) is 0 Å². The lowest BCUT2D eigenvalue weighted by Gasteiger charge is -2.45. The van der Waals surface area contributed by atoms with E-state index in [1.165, 1.54) is 65.2 Å². The Labute approximate surface area is 181 Å². The van der Waals surface area contributed by atoms with E-state index in [9.17, 15) is 20.4 Å². The summed E-state index contributed by atoms with van der Waals surface area (Å²) in [6.07, 6.45) is 7.78. The van der Waals surface area contributed by atoms with Gasteiger partial charge < -0.3 is 53.6 Å². The van der Waals surface area contributed by atoms with E-state index in [0.717, 1.165) is 12.8 Å². The molecule has 0 aromatic rings. The minimum absolute atomic E-state index is 0. The average molecular weight is 473 g/mol. The number of ether oxygens (including phenoxy) is 1. The monoisotopic (exact) mass is 472 g/mol. The third-order valence-corrected chi connectivity index (χ3v) is 5.23. The average Bonchev–Trinajstić information content (AvgIpc) is 2.57. The summed E-state index contributed by atoms with van der Waals surface area (Å²) in [4.78, 5) is 0. The van der Waals surface area contributed by atoms with Gasteiger partial charge in [-0.2, -0.15) is 0 Å². The Morgan fingerprint density at radius 1 is 0.821 bits per heavy atom. The lowest BCUT2D eigenvalue weighted by atomic mass is 9.88. The number of hydrogen-bond acceptors (Lipinski definition) is 6. The van der Waals surface area contributed by atoms with E-state index in [4.69, 9.17) is 4.74 Å². The second kappa shape index (κ2) is 16.0. The first-order chi connectivity index (χ1) is 12.3. The van der Waals surface area contributed by atoms with Crippen LogP contribution in [0.3, 0.4) is 0 Å². The zero-order valence-corrected chi connectivity index (χ0v) is 19.8. The molecule has 0 spiro atoms. The molecule has 1 aliphatic heterocycles. The summed E-state index contributed by atoms with van der Waals surface area (Å²) in [5, 5.41) is 43.5. The van der Waals surface area contributed by atoms with Crippen LogP contribution < -0.4 is 28.4 Å². The molecule has 1 rings (SSSR count). The van der Waals surface area contributed by atoms with Gasteiger partial charge in [-0.05, 0) is 26.8 Å². The maximum atomic E-state index is 10.2. The molecular formula is C20H45BrN2O5. The van der Waals surface area contributed by atoms with Crippen molar-refractivity contribution in [3.8, 4) is 0 Å². The van der Waals surface area contributed by atoms with Crippen LogP contribution in [-0.2, 0) is 4.74 Å². The highest BCUT2D eigenvalue weighted by Gasteiger charge is 2.48. The summed E-state index contributed by atoms with van der Waals surface area (Å²) in [6.45, 7) is 5.85. The molecule has 0 aliphatic carbocycles. The minimum atomic E-state index is -1.34. The predicted octanol–water partition coefficient (Wildman–Crippen LogP) is -0.544. The molecule has 5 atom stereocenters. The van der Waals surface area contributed by atoms with Gasteiger partial charge in [-0.25, -0.2) is 0 Å². The van der Waals surface area contributed by atoms with Crippen LogP contribution in [0.15, 0.2) is 0 Å². The number of nitrogens with one attached hydrogen (secondary N) is 1. The van der Waals surface area contributed by atoms with Gasteiger partial charge in [-0.3, -0.25) is 0 Å². The molecule has 0 saturated carbocycles. The SMILES string of the molecule is CCCCCCCCCCCCN[C@@H]1C(O)O[C@H](C(C)(C)O)[C@@H](O)[C@@H]1O.[Br-].[NH4+]. The van der Waals surface area contributed by atoms with Crippen LogP contribution in [0.5, 0.6) is 0 Å². The molecule has 1 saturated heterocycles. The van der Waals surface area contributed by atoms with Gasteiger partial charge >= 0.3 is 0 Å². The molecular weight excluding hydrogens is 428 g/mol. The van der Waals surface area contributed by atoms with Crippen molar-refractivity contribution in [3.63, 3.8) is 0 Å². The summed E-state index contributed by atoms with van der Waals surface area (Å²) >= 11 is 0. The fourth-order valence-corrected chi connectivity index (χ4v) is 3.56. The van der Waals surface area contributed by atoms with Gasteiger partial charge in [0.2, 0.25) is 0 Å². The van der Waals surface area contributed by atoms with E-state index >= 15 is 0 Å². The molecule has 28 heavy (non-hydrogen) atoms. The maximum Gasteiger partial charge on any atom is 0.173 e. The lowest BCUT2D eigenvalue weighted by molar-refractivity contribution is -0.281. The van der Waals surface area contributed by atoms with Gasteiger partial charge in [0.1, 0.15) is 18.3 Å². The van der Waals surface area contributed by atoms with Crippen LogP contribution in [0.2, 0.25) is 0 Å². The van der Waals surface area contributed by atoms with Crippen molar-refractivity contribution in [2.24, 2.45) is 0 Å². The molecule has 8 heteroatoms. The Balaban J connectivity index is 0. The highest BCUT2D eigenvalue weighted by molar-refractivity contribution is 4.98. The maximum absolute atomic E-state index is 10.2.